The fourth-order valence-corrected chi connectivity index (χ4v) is 2.63. The highest BCUT2D eigenvalue weighted by Crippen LogP contribution is 2.18. The number of carbonyl (C=O) groups is 1. The van der Waals surface area contributed by atoms with Gasteiger partial charge in [-0.05, 0) is 41.8 Å². The van der Waals surface area contributed by atoms with E-state index in [-0.39, 0.29) is 11.3 Å². The van der Waals surface area contributed by atoms with Crippen LogP contribution >= 0.6 is 0 Å². The van der Waals surface area contributed by atoms with Gasteiger partial charge in [0.1, 0.15) is 17.4 Å². The third-order valence-corrected chi connectivity index (χ3v) is 3.92. The fourth-order valence-electron chi connectivity index (χ4n) is 2.63. The number of aromatic hydroxyl groups is 1. The van der Waals surface area contributed by atoms with E-state index in [4.69, 9.17) is 0 Å². The van der Waals surface area contributed by atoms with Crippen molar-refractivity contribution in [2.24, 2.45) is 0 Å². The minimum Gasteiger partial charge on any atom is -0.508 e. The number of nitrogens with zero attached hydrogens (tertiary/aromatic N) is 1. The van der Waals surface area contributed by atoms with Gasteiger partial charge >= 0.3 is 0 Å². The largest absolute Gasteiger partial charge is 0.508 e. The highest BCUT2D eigenvalue weighted by atomic mass is 16.3. The zero-order valence-corrected chi connectivity index (χ0v) is 13.5. The van der Waals surface area contributed by atoms with E-state index in [1.807, 2.05) is 36.5 Å². The average Bonchev–Trinajstić information content (AvgIpc) is 3.04. The van der Waals surface area contributed by atoms with Crippen LogP contribution in [-0.4, -0.2) is 22.5 Å². The van der Waals surface area contributed by atoms with Crippen molar-refractivity contribution >= 4 is 22.9 Å². The quantitative estimate of drug-likeness (QED) is 0.496. The molecule has 5 heteroatoms. The SMILES string of the molecule is N#C/C(=C/c1ccc(O)cc1)C(=O)NCCc1c[nH]c2ccccc12. The standard InChI is InChI=1S/C20H17N3O2/c21-12-16(11-14-5-7-17(24)8-6-14)20(25)22-10-9-15-13-23-19-4-2-1-3-18(15)19/h1-8,11,13,23-24H,9-10H2,(H,22,25)/b16-11-. The van der Waals surface area contributed by atoms with Crippen molar-refractivity contribution in [1.82, 2.24) is 10.3 Å². The molecule has 0 spiro atoms. The van der Waals surface area contributed by atoms with Crippen molar-refractivity contribution in [3.63, 3.8) is 0 Å². The third kappa shape index (κ3) is 3.88. The molecule has 1 amide bonds. The molecule has 0 aliphatic rings. The molecule has 124 valence electrons. The fraction of sp³-hybridized carbons (Fsp3) is 0.100. The van der Waals surface area contributed by atoms with E-state index in [0.29, 0.717) is 18.5 Å². The van der Waals surface area contributed by atoms with Crippen molar-refractivity contribution in [1.29, 1.82) is 5.26 Å². The van der Waals surface area contributed by atoms with Gasteiger partial charge < -0.3 is 15.4 Å². The van der Waals surface area contributed by atoms with Crippen LogP contribution in [0.15, 0.2) is 60.3 Å². The monoisotopic (exact) mass is 331 g/mol. The first-order valence-electron chi connectivity index (χ1n) is 7.91. The Balaban J connectivity index is 1.63. The highest BCUT2D eigenvalue weighted by molar-refractivity contribution is 6.01. The summed E-state index contributed by atoms with van der Waals surface area (Å²) in [7, 11) is 0. The molecule has 2 aromatic carbocycles. The molecule has 3 aromatic rings. The van der Waals surface area contributed by atoms with E-state index in [0.717, 1.165) is 16.5 Å². The molecule has 0 saturated heterocycles. The molecule has 0 unspecified atom stereocenters. The normalized spacial score (nSPS) is 11.2. The van der Waals surface area contributed by atoms with Crippen LogP contribution in [0, 0.1) is 11.3 Å². The number of H-pyrrole nitrogens is 1. The predicted molar refractivity (Wildman–Crippen MR) is 96.7 cm³/mol. The minimum atomic E-state index is -0.407. The van der Waals surface area contributed by atoms with Crippen molar-refractivity contribution in [2.75, 3.05) is 6.54 Å². The van der Waals surface area contributed by atoms with E-state index in [2.05, 4.69) is 10.3 Å². The van der Waals surface area contributed by atoms with Gasteiger partial charge in [0.15, 0.2) is 0 Å². The van der Waals surface area contributed by atoms with Gasteiger partial charge in [-0.3, -0.25) is 4.79 Å². The van der Waals surface area contributed by atoms with Crippen LogP contribution in [0.1, 0.15) is 11.1 Å². The lowest BCUT2D eigenvalue weighted by atomic mass is 10.1. The van der Waals surface area contributed by atoms with Crippen LogP contribution in [0.5, 0.6) is 5.75 Å². The summed E-state index contributed by atoms with van der Waals surface area (Å²) in [6.07, 6.45) is 4.11. The number of benzene rings is 2. The van der Waals surface area contributed by atoms with Crippen LogP contribution in [-0.2, 0) is 11.2 Å². The molecule has 25 heavy (non-hydrogen) atoms. The number of nitriles is 1. The van der Waals surface area contributed by atoms with E-state index in [1.165, 1.54) is 18.2 Å². The third-order valence-electron chi connectivity index (χ3n) is 3.92. The van der Waals surface area contributed by atoms with Crippen LogP contribution in [0.2, 0.25) is 0 Å². The molecule has 1 aromatic heterocycles. The second-order valence-electron chi connectivity index (χ2n) is 5.63. The maximum Gasteiger partial charge on any atom is 0.261 e. The summed E-state index contributed by atoms with van der Waals surface area (Å²) < 4.78 is 0. The molecule has 0 atom stereocenters. The Morgan fingerprint density at radius 1 is 1.20 bits per heavy atom. The Labute approximate surface area is 145 Å². The van der Waals surface area contributed by atoms with Gasteiger partial charge in [-0.25, -0.2) is 0 Å². The second kappa shape index (κ2) is 7.37. The molecule has 1 heterocycles. The number of rotatable bonds is 5. The van der Waals surface area contributed by atoms with Crippen LogP contribution in [0.3, 0.4) is 0 Å². The number of nitrogens with one attached hydrogen (secondary N) is 2. The maximum absolute atomic E-state index is 12.2. The minimum absolute atomic E-state index is 0.0321. The molecule has 3 rings (SSSR count). The number of phenols is 1. The smallest absolute Gasteiger partial charge is 0.261 e. The van der Waals surface area contributed by atoms with Gasteiger partial charge in [-0.15, -0.1) is 0 Å². The second-order valence-corrected chi connectivity index (χ2v) is 5.63. The van der Waals surface area contributed by atoms with Gasteiger partial charge in [0.2, 0.25) is 0 Å². The number of amides is 1. The summed E-state index contributed by atoms with van der Waals surface area (Å²) in [4.78, 5) is 15.4. The average molecular weight is 331 g/mol. The number of aromatic nitrogens is 1. The van der Waals surface area contributed by atoms with Crippen molar-refractivity contribution in [2.45, 2.75) is 6.42 Å². The van der Waals surface area contributed by atoms with Crippen LogP contribution in [0.25, 0.3) is 17.0 Å². The molecule has 0 aliphatic heterocycles. The van der Waals surface area contributed by atoms with Crippen molar-refractivity contribution < 1.29 is 9.90 Å². The topological polar surface area (TPSA) is 88.9 Å². The number of aromatic amines is 1. The molecular formula is C20H17N3O2. The zero-order valence-electron chi connectivity index (χ0n) is 13.5. The Kier molecular flexibility index (Phi) is 4.82. The van der Waals surface area contributed by atoms with Crippen LogP contribution in [0.4, 0.5) is 0 Å². The summed E-state index contributed by atoms with van der Waals surface area (Å²) in [6, 6.07) is 16.2. The summed E-state index contributed by atoms with van der Waals surface area (Å²) in [5, 5.41) is 22.4. The summed E-state index contributed by atoms with van der Waals surface area (Å²) in [6.45, 7) is 0.440. The number of carbonyl (C=O) groups excluding carboxylic acids is 1. The number of para-hydroxylation sites is 1. The Hall–Kier alpha value is -3.52. The van der Waals surface area contributed by atoms with E-state index in [1.54, 1.807) is 12.1 Å². The van der Waals surface area contributed by atoms with Gasteiger partial charge in [-0.1, -0.05) is 30.3 Å². The number of phenolic OH excluding ortho intramolecular Hbond substituents is 1. The van der Waals surface area contributed by atoms with E-state index >= 15 is 0 Å². The molecule has 0 fully saturated rings. The molecule has 0 aliphatic carbocycles. The zero-order chi connectivity index (χ0) is 17.6. The summed E-state index contributed by atoms with van der Waals surface area (Å²) in [5.74, 6) is -0.269. The number of hydrogen-bond acceptors (Lipinski definition) is 3. The van der Waals surface area contributed by atoms with E-state index in [9.17, 15) is 15.2 Å². The highest BCUT2D eigenvalue weighted by Gasteiger charge is 2.09. The number of fused-ring (bicyclic) bond motifs is 1. The lowest BCUT2D eigenvalue weighted by Crippen LogP contribution is -2.26. The van der Waals surface area contributed by atoms with Crippen molar-refractivity contribution in [3.05, 3.63) is 71.4 Å². The lowest BCUT2D eigenvalue weighted by Gasteiger charge is -2.04. The Morgan fingerprint density at radius 2 is 1.96 bits per heavy atom. The van der Waals surface area contributed by atoms with Gasteiger partial charge in [0.25, 0.3) is 5.91 Å². The first-order valence-corrected chi connectivity index (χ1v) is 7.91. The van der Waals surface area contributed by atoms with Crippen LogP contribution < -0.4 is 5.32 Å². The van der Waals surface area contributed by atoms with Gasteiger partial charge in [0.05, 0.1) is 0 Å². The maximum atomic E-state index is 12.2. The Morgan fingerprint density at radius 3 is 2.72 bits per heavy atom. The molecule has 5 nitrogen and oxygen atoms in total. The lowest BCUT2D eigenvalue weighted by molar-refractivity contribution is -0.117. The van der Waals surface area contributed by atoms with Gasteiger partial charge in [0, 0.05) is 23.6 Å². The van der Waals surface area contributed by atoms with Gasteiger partial charge in [-0.2, -0.15) is 5.26 Å². The molecule has 0 saturated carbocycles. The van der Waals surface area contributed by atoms with Crippen molar-refractivity contribution in [3.8, 4) is 11.8 Å². The molecule has 3 N–H and O–H groups in total. The van der Waals surface area contributed by atoms with E-state index < -0.39 is 5.91 Å². The first-order chi connectivity index (χ1) is 12.2. The summed E-state index contributed by atoms with van der Waals surface area (Å²) >= 11 is 0. The first kappa shape index (κ1) is 16.3. The predicted octanol–water partition coefficient (Wildman–Crippen LogP) is 3.14. The molecular weight excluding hydrogens is 314 g/mol. The number of hydrogen-bond donors (Lipinski definition) is 3. The molecule has 0 bridgehead atoms. The Bertz CT molecular complexity index is 963. The molecule has 0 radical (unpaired) electrons. The summed E-state index contributed by atoms with van der Waals surface area (Å²) in [5.41, 5.74) is 2.90.